The van der Waals surface area contributed by atoms with Gasteiger partial charge in [0.05, 0.1) is 4.47 Å². The predicted octanol–water partition coefficient (Wildman–Crippen LogP) is 3.78. The summed E-state index contributed by atoms with van der Waals surface area (Å²) in [6.45, 7) is -0.134. The summed E-state index contributed by atoms with van der Waals surface area (Å²) in [4.78, 5) is 0. The van der Waals surface area contributed by atoms with Gasteiger partial charge in [0, 0.05) is 23.1 Å². The number of phenols is 1. The first-order valence-electron chi connectivity index (χ1n) is 6.71. The number of phenolic OH excluding ortho intramolecular Hbond substituents is 1. The zero-order valence-electron chi connectivity index (χ0n) is 11.6. The van der Waals surface area contributed by atoms with E-state index in [9.17, 15) is 15.3 Å². The highest BCUT2D eigenvalue weighted by Crippen LogP contribution is 2.37. The molecule has 6 heteroatoms. The minimum absolute atomic E-state index is 0.0460. The molecule has 0 heterocycles. The number of halogens is 2. The number of aliphatic hydroxyl groups excluding tert-OH is 2. The third-order valence-electron chi connectivity index (χ3n) is 3.17. The zero-order valence-corrected chi connectivity index (χ0v) is 14.8. The molecule has 0 bridgehead atoms. The standard InChI is InChI=1S/C16H16Br2O4/c17-10-8-12(15(20)13(18)9-10)16(21)14(6-7-19)22-11-4-2-1-3-5-11/h1-5,8-9,14,16,19-21H,6-7H2/t14-,16-/m0/s1. The quantitative estimate of drug-likeness (QED) is 0.650. The summed E-state index contributed by atoms with van der Waals surface area (Å²) in [5, 5.41) is 29.9. The molecular weight excluding hydrogens is 416 g/mol. The minimum Gasteiger partial charge on any atom is -0.506 e. The number of hydrogen-bond donors (Lipinski definition) is 3. The number of aromatic hydroxyl groups is 1. The summed E-state index contributed by atoms with van der Waals surface area (Å²) in [7, 11) is 0. The Morgan fingerprint density at radius 2 is 1.77 bits per heavy atom. The minimum atomic E-state index is -1.08. The van der Waals surface area contributed by atoms with Gasteiger partial charge in [0.25, 0.3) is 0 Å². The molecule has 2 aromatic rings. The van der Waals surface area contributed by atoms with Crippen LogP contribution < -0.4 is 4.74 Å². The van der Waals surface area contributed by atoms with E-state index in [1.165, 1.54) is 0 Å². The van der Waals surface area contributed by atoms with Gasteiger partial charge < -0.3 is 20.1 Å². The molecule has 0 aliphatic rings. The van der Waals surface area contributed by atoms with E-state index in [1.54, 1.807) is 24.3 Å². The first-order chi connectivity index (χ1) is 10.5. The summed E-state index contributed by atoms with van der Waals surface area (Å²) in [6, 6.07) is 12.4. The molecule has 2 rings (SSSR count). The van der Waals surface area contributed by atoms with E-state index in [2.05, 4.69) is 31.9 Å². The van der Waals surface area contributed by atoms with Crippen LogP contribution in [0.25, 0.3) is 0 Å². The van der Waals surface area contributed by atoms with E-state index in [1.807, 2.05) is 18.2 Å². The first-order valence-corrected chi connectivity index (χ1v) is 8.30. The Hall–Kier alpha value is -1.08. The van der Waals surface area contributed by atoms with E-state index in [0.717, 1.165) is 0 Å². The Bertz CT molecular complexity index is 619. The summed E-state index contributed by atoms with van der Waals surface area (Å²) in [6.07, 6.45) is -1.53. The van der Waals surface area contributed by atoms with Crippen molar-refractivity contribution in [1.29, 1.82) is 0 Å². The molecule has 0 amide bonds. The Morgan fingerprint density at radius 1 is 1.09 bits per heavy atom. The highest BCUT2D eigenvalue weighted by molar-refractivity contribution is 9.11. The van der Waals surface area contributed by atoms with Gasteiger partial charge in [-0.3, -0.25) is 0 Å². The van der Waals surface area contributed by atoms with Crippen molar-refractivity contribution in [2.45, 2.75) is 18.6 Å². The fourth-order valence-corrected chi connectivity index (χ4v) is 3.35. The Labute approximate surface area is 145 Å². The average molecular weight is 432 g/mol. The van der Waals surface area contributed by atoms with Gasteiger partial charge in [-0.1, -0.05) is 34.1 Å². The van der Waals surface area contributed by atoms with Crippen LogP contribution in [0.3, 0.4) is 0 Å². The van der Waals surface area contributed by atoms with Gasteiger partial charge in [-0.05, 0) is 40.2 Å². The fraction of sp³-hybridized carbons (Fsp3) is 0.250. The van der Waals surface area contributed by atoms with Gasteiger partial charge in [-0.25, -0.2) is 0 Å². The molecule has 0 fully saturated rings. The molecule has 2 aromatic carbocycles. The third kappa shape index (κ3) is 4.23. The lowest BCUT2D eigenvalue weighted by molar-refractivity contribution is 0.0191. The molecule has 0 saturated carbocycles. The van der Waals surface area contributed by atoms with E-state index in [-0.39, 0.29) is 18.8 Å². The number of rotatable bonds is 6. The maximum Gasteiger partial charge on any atom is 0.135 e. The van der Waals surface area contributed by atoms with E-state index >= 15 is 0 Å². The number of aliphatic hydroxyl groups is 2. The van der Waals surface area contributed by atoms with Crippen LogP contribution in [0.2, 0.25) is 0 Å². The van der Waals surface area contributed by atoms with Crippen LogP contribution in [0.4, 0.5) is 0 Å². The molecule has 3 N–H and O–H groups in total. The summed E-state index contributed by atoms with van der Waals surface area (Å²) >= 11 is 6.57. The molecular formula is C16H16Br2O4. The monoisotopic (exact) mass is 430 g/mol. The van der Waals surface area contributed by atoms with Gasteiger partial charge in [0.15, 0.2) is 0 Å². The predicted molar refractivity (Wildman–Crippen MR) is 91.0 cm³/mol. The van der Waals surface area contributed by atoms with E-state index in [4.69, 9.17) is 4.74 Å². The van der Waals surface area contributed by atoms with Crippen LogP contribution in [0.1, 0.15) is 18.1 Å². The van der Waals surface area contributed by atoms with Crippen LogP contribution in [0.5, 0.6) is 11.5 Å². The van der Waals surface area contributed by atoms with Crippen molar-refractivity contribution in [1.82, 2.24) is 0 Å². The Kier molecular flexibility index (Phi) is 6.26. The number of ether oxygens (including phenoxy) is 1. The van der Waals surface area contributed by atoms with E-state index < -0.39 is 12.2 Å². The second kappa shape index (κ2) is 7.97. The van der Waals surface area contributed by atoms with Crippen LogP contribution in [-0.4, -0.2) is 28.0 Å². The molecule has 0 saturated heterocycles. The fourth-order valence-electron chi connectivity index (χ4n) is 2.09. The topological polar surface area (TPSA) is 69.9 Å². The molecule has 4 nitrogen and oxygen atoms in total. The molecule has 0 aliphatic heterocycles. The lowest BCUT2D eigenvalue weighted by Crippen LogP contribution is -2.26. The second-order valence-electron chi connectivity index (χ2n) is 4.75. The van der Waals surface area contributed by atoms with Gasteiger partial charge >= 0.3 is 0 Å². The number of hydrogen-bond acceptors (Lipinski definition) is 4. The van der Waals surface area contributed by atoms with Crippen molar-refractivity contribution in [3.05, 3.63) is 57.0 Å². The van der Waals surface area contributed by atoms with Crippen molar-refractivity contribution in [3.8, 4) is 11.5 Å². The highest BCUT2D eigenvalue weighted by Gasteiger charge is 2.26. The van der Waals surface area contributed by atoms with Crippen LogP contribution in [0, 0.1) is 0 Å². The average Bonchev–Trinajstić information content (AvgIpc) is 2.51. The molecule has 0 unspecified atom stereocenters. The number of para-hydroxylation sites is 1. The Morgan fingerprint density at radius 3 is 2.41 bits per heavy atom. The lowest BCUT2D eigenvalue weighted by atomic mass is 10.0. The third-order valence-corrected chi connectivity index (χ3v) is 4.24. The van der Waals surface area contributed by atoms with Gasteiger partial charge in [-0.15, -0.1) is 0 Å². The second-order valence-corrected chi connectivity index (χ2v) is 6.52. The molecule has 0 spiro atoms. The van der Waals surface area contributed by atoms with Crippen LogP contribution in [-0.2, 0) is 0 Å². The zero-order chi connectivity index (χ0) is 16.1. The molecule has 0 aliphatic carbocycles. The van der Waals surface area contributed by atoms with Crippen LogP contribution >= 0.6 is 31.9 Å². The van der Waals surface area contributed by atoms with Gasteiger partial charge in [0.1, 0.15) is 23.7 Å². The van der Waals surface area contributed by atoms with Crippen molar-refractivity contribution in [2.75, 3.05) is 6.61 Å². The largest absolute Gasteiger partial charge is 0.506 e. The maximum absolute atomic E-state index is 10.6. The van der Waals surface area contributed by atoms with Gasteiger partial charge in [0.2, 0.25) is 0 Å². The van der Waals surface area contributed by atoms with Crippen molar-refractivity contribution < 1.29 is 20.1 Å². The summed E-state index contributed by atoms with van der Waals surface area (Å²) in [5.74, 6) is 0.545. The van der Waals surface area contributed by atoms with Crippen molar-refractivity contribution >= 4 is 31.9 Å². The normalized spacial score (nSPS) is 13.6. The number of benzene rings is 2. The molecule has 0 aromatic heterocycles. The molecule has 0 radical (unpaired) electrons. The molecule has 22 heavy (non-hydrogen) atoms. The lowest BCUT2D eigenvalue weighted by Gasteiger charge is -2.25. The van der Waals surface area contributed by atoms with Crippen molar-refractivity contribution in [2.24, 2.45) is 0 Å². The Balaban J connectivity index is 2.28. The summed E-state index contributed by atoms with van der Waals surface area (Å²) < 4.78 is 6.94. The first kappa shape index (κ1) is 17.3. The van der Waals surface area contributed by atoms with Crippen LogP contribution in [0.15, 0.2) is 51.4 Å². The van der Waals surface area contributed by atoms with Crippen molar-refractivity contribution in [3.63, 3.8) is 0 Å². The smallest absolute Gasteiger partial charge is 0.135 e. The molecule has 2 atom stereocenters. The highest BCUT2D eigenvalue weighted by atomic mass is 79.9. The van der Waals surface area contributed by atoms with Gasteiger partial charge in [-0.2, -0.15) is 0 Å². The molecule has 118 valence electrons. The van der Waals surface area contributed by atoms with E-state index in [0.29, 0.717) is 20.3 Å². The summed E-state index contributed by atoms with van der Waals surface area (Å²) in [5.41, 5.74) is 0.329. The SMILES string of the molecule is OCC[C@H](Oc1ccccc1)[C@@H](O)c1cc(Br)cc(Br)c1O. The maximum atomic E-state index is 10.6.